The standard InChI is InChI=1S/C12H22N2O/c15-11-13-7-9-14(10-8-13)12-5-3-1-2-4-6-12/h11-12H,1-10H2. The predicted molar refractivity (Wildman–Crippen MR) is 60.7 cm³/mol. The van der Waals surface area contributed by atoms with E-state index in [1.54, 1.807) is 0 Å². The Morgan fingerprint density at radius 1 is 0.867 bits per heavy atom. The monoisotopic (exact) mass is 210 g/mol. The molecule has 1 heterocycles. The van der Waals surface area contributed by atoms with Crippen molar-refractivity contribution in [1.82, 2.24) is 9.80 Å². The third-order valence-electron chi connectivity index (χ3n) is 3.84. The molecule has 86 valence electrons. The predicted octanol–water partition coefficient (Wildman–Crippen LogP) is 1.48. The fourth-order valence-corrected chi connectivity index (χ4v) is 2.83. The maximum Gasteiger partial charge on any atom is 0.209 e. The van der Waals surface area contributed by atoms with Gasteiger partial charge in [-0.15, -0.1) is 0 Å². The lowest BCUT2D eigenvalue weighted by molar-refractivity contribution is -0.120. The second-order valence-electron chi connectivity index (χ2n) is 4.82. The van der Waals surface area contributed by atoms with E-state index in [1.807, 2.05) is 4.90 Å². The molecule has 0 bridgehead atoms. The second-order valence-corrected chi connectivity index (χ2v) is 4.82. The SMILES string of the molecule is O=CN1CCN(C2CCCCCC2)CC1. The third kappa shape index (κ3) is 2.94. The molecule has 0 radical (unpaired) electrons. The fraction of sp³-hybridized carbons (Fsp3) is 0.917. The molecule has 0 spiro atoms. The van der Waals surface area contributed by atoms with Crippen LogP contribution in [0.5, 0.6) is 0 Å². The number of carbonyl (C=O) groups is 1. The quantitative estimate of drug-likeness (QED) is 0.509. The Balaban J connectivity index is 1.80. The Bertz CT molecular complexity index is 192. The van der Waals surface area contributed by atoms with Crippen molar-refractivity contribution < 1.29 is 4.79 Å². The summed E-state index contributed by atoms with van der Waals surface area (Å²) in [4.78, 5) is 15.1. The number of rotatable bonds is 2. The van der Waals surface area contributed by atoms with Crippen LogP contribution in [0.2, 0.25) is 0 Å². The largest absolute Gasteiger partial charge is 0.343 e. The summed E-state index contributed by atoms with van der Waals surface area (Å²) in [5.74, 6) is 0. The van der Waals surface area contributed by atoms with E-state index in [9.17, 15) is 4.79 Å². The van der Waals surface area contributed by atoms with Crippen LogP contribution < -0.4 is 0 Å². The average Bonchev–Trinajstić information content (AvgIpc) is 2.58. The molecule has 0 aromatic carbocycles. The van der Waals surface area contributed by atoms with Crippen LogP contribution in [0.15, 0.2) is 0 Å². The average molecular weight is 210 g/mol. The Morgan fingerprint density at radius 3 is 2.00 bits per heavy atom. The highest BCUT2D eigenvalue weighted by Gasteiger charge is 2.23. The van der Waals surface area contributed by atoms with Crippen molar-refractivity contribution in [2.75, 3.05) is 26.2 Å². The molecule has 2 fully saturated rings. The smallest absolute Gasteiger partial charge is 0.209 e. The van der Waals surface area contributed by atoms with Gasteiger partial charge in [0.1, 0.15) is 0 Å². The van der Waals surface area contributed by atoms with Crippen molar-refractivity contribution >= 4 is 6.41 Å². The van der Waals surface area contributed by atoms with Gasteiger partial charge in [0.2, 0.25) is 6.41 Å². The molecule has 0 N–H and O–H groups in total. The van der Waals surface area contributed by atoms with Gasteiger partial charge in [0.25, 0.3) is 0 Å². The van der Waals surface area contributed by atoms with Crippen LogP contribution in [0.3, 0.4) is 0 Å². The number of amides is 1. The zero-order valence-corrected chi connectivity index (χ0v) is 9.53. The van der Waals surface area contributed by atoms with Gasteiger partial charge >= 0.3 is 0 Å². The molecule has 1 aliphatic carbocycles. The van der Waals surface area contributed by atoms with Gasteiger partial charge in [0.05, 0.1) is 0 Å². The summed E-state index contributed by atoms with van der Waals surface area (Å²) < 4.78 is 0. The van der Waals surface area contributed by atoms with Crippen LogP contribution in [0.4, 0.5) is 0 Å². The molecule has 1 aliphatic heterocycles. The van der Waals surface area contributed by atoms with Crippen LogP contribution >= 0.6 is 0 Å². The van der Waals surface area contributed by atoms with E-state index < -0.39 is 0 Å². The summed E-state index contributed by atoms with van der Waals surface area (Å²) >= 11 is 0. The van der Waals surface area contributed by atoms with Gasteiger partial charge in [-0.3, -0.25) is 9.69 Å². The molecule has 2 rings (SSSR count). The molecule has 1 saturated heterocycles. The van der Waals surface area contributed by atoms with Crippen LogP contribution in [0.1, 0.15) is 38.5 Å². The molecule has 3 heteroatoms. The molecule has 0 atom stereocenters. The summed E-state index contributed by atoms with van der Waals surface area (Å²) in [6.45, 7) is 4.03. The van der Waals surface area contributed by atoms with Gasteiger partial charge in [0.15, 0.2) is 0 Å². The first kappa shape index (κ1) is 10.9. The van der Waals surface area contributed by atoms with E-state index in [0.29, 0.717) is 0 Å². The van der Waals surface area contributed by atoms with E-state index in [-0.39, 0.29) is 0 Å². The summed E-state index contributed by atoms with van der Waals surface area (Å²) in [5.41, 5.74) is 0. The fourth-order valence-electron chi connectivity index (χ4n) is 2.83. The lowest BCUT2D eigenvalue weighted by atomic mass is 10.1. The Kier molecular flexibility index (Phi) is 4.01. The highest BCUT2D eigenvalue weighted by atomic mass is 16.1. The second kappa shape index (κ2) is 5.50. The van der Waals surface area contributed by atoms with Gasteiger partial charge in [-0.2, -0.15) is 0 Å². The van der Waals surface area contributed by atoms with Crippen LogP contribution in [0.25, 0.3) is 0 Å². The molecule has 1 saturated carbocycles. The lowest BCUT2D eigenvalue weighted by Gasteiger charge is -2.37. The molecule has 2 aliphatic rings. The molecule has 3 nitrogen and oxygen atoms in total. The summed E-state index contributed by atoms with van der Waals surface area (Å²) in [5, 5.41) is 0. The number of carbonyl (C=O) groups excluding carboxylic acids is 1. The van der Waals surface area contributed by atoms with E-state index >= 15 is 0 Å². The van der Waals surface area contributed by atoms with Crippen molar-refractivity contribution in [2.24, 2.45) is 0 Å². The van der Waals surface area contributed by atoms with Gasteiger partial charge in [0, 0.05) is 32.2 Å². The molecular formula is C12H22N2O. The number of hydrogen-bond donors (Lipinski definition) is 0. The first-order valence-corrected chi connectivity index (χ1v) is 6.33. The minimum absolute atomic E-state index is 0.807. The van der Waals surface area contributed by atoms with Crippen LogP contribution in [0, 0.1) is 0 Å². The number of piperazine rings is 1. The van der Waals surface area contributed by atoms with Gasteiger partial charge in [-0.25, -0.2) is 0 Å². The maximum absolute atomic E-state index is 10.6. The summed E-state index contributed by atoms with van der Waals surface area (Å²) in [6.07, 6.45) is 9.39. The van der Waals surface area contributed by atoms with E-state index in [1.165, 1.54) is 38.5 Å². The van der Waals surface area contributed by atoms with Crippen molar-refractivity contribution in [3.05, 3.63) is 0 Å². The minimum Gasteiger partial charge on any atom is -0.343 e. The van der Waals surface area contributed by atoms with Crippen molar-refractivity contribution in [2.45, 2.75) is 44.6 Å². The van der Waals surface area contributed by atoms with Gasteiger partial charge in [-0.05, 0) is 12.8 Å². The van der Waals surface area contributed by atoms with Crippen molar-refractivity contribution in [3.63, 3.8) is 0 Å². The summed E-state index contributed by atoms with van der Waals surface area (Å²) in [6, 6.07) is 0.807. The number of hydrogen-bond acceptors (Lipinski definition) is 2. The van der Waals surface area contributed by atoms with E-state index in [2.05, 4.69) is 4.90 Å². The normalized spacial score (nSPS) is 26.3. The molecule has 0 unspecified atom stereocenters. The van der Waals surface area contributed by atoms with Gasteiger partial charge < -0.3 is 4.90 Å². The molecular weight excluding hydrogens is 188 g/mol. The number of nitrogens with zero attached hydrogens (tertiary/aromatic N) is 2. The Labute approximate surface area is 92.4 Å². The van der Waals surface area contributed by atoms with Gasteiger partial charge in [-0.1, -0.05) is 25.7 Å². The highest BCUT2D eigenvalue weighted by molar-refractivity contribution is 5.47. The molecule has 0 aromatic rings. The summed E-state index contributed by atoms with van der Waals surface area (Å²) in [7, 11) is 0. The Morgan fingerprint density at radius 2 is 1.47 bits per heavy atom. The molecule has 0 aromatic heterocycles. The Hall–Kier alpha value is -0.570. The van der Waals surface area contributed by atoms with E-state index in [4.69, 9.17) is 0 Å². The first-order valence-electron chi connectivity index (χ1n) is 6.33. The maximum atomic E-state index is 10.6. The molecule has 1 amide bonds. The zero-order chi connectivity index (χ0) is 10.5. The zero-order valence-electron chi connectivity index (χ0n) is 9.53. The first-order chi connectivity index (χ1) is 7.40. The molecule has 15 heavy (non-hydrogen) atoms. The van der Waals surface area contributed by atoms with Crippen molar-refractivity contribution in [3.8, 4) is 0 Å². The van der Waals surface area contributed by atoms with Crippen LogP contribution in [-0.2, 0) is 4.79 Å². The van der Waals surface area contributed by atoms with Crippen molar-refractivity contribution in [1.29, 1.82) is 0 Å². The lowest BCUT2D eigenvalue weighted by Crippen LogP contribution is -2.49. The highest BCUT2D eigenvalue weighted by Crippen LogP contribution is 2.22. The van der Waals surface area contributed by atoms with E-state index in [0.717, 1.165) is 38.6 Å². The third-order valence-corrected chi connectivity index (χ3v) is 3.84. The van der Waals surface area contributed by atoms with Crippen LogP contribution in [-0.4, -0.2) is 48.4 Å². The topological polar surface area (TPSA) is 23.6 Å². The minimum atomic E-state index is 0.807.